The van der Waals surface area contributed by atoms with E-state index in [0.717, 1.165) is 30.7 Å². The van der Waals surface area contributed by atoms with Crippen molar-refractivity contribution in [2.75, 3.05) is 47.0 Å². The molecule has 0 heterocycles. The number of hydrogen-bond acceptors (Lipinski definition) is 2. The first kappa shape index (κ1) is 14.9. The van der Waals surface area contributed by atoms with Crippen molar-refractivity contribution < 1.29 is 14.0 Å². The smallest absolute Gasteiger partial charge is 0.137 e. The topological polar surface area (TPSA) is 18.5 Å². The predicted molar refractivity (Wildman–Crippen MR) is 64.0 cm³/mol. The van der Waals surface area contributed by atoms with Crippen molar-refractivity contribution in [2.24, 2.45) is 0 Å². The second kappa shape index (κ2) is 6.46. The highest BCUT2D eigenvalue weighted by Crippen LogP contribution is 2.18. The molecule has 0 aliphatic rings. The lowest BCUT2D eigenvalue weighted by Crippen LogP contribution is -2.57. The van der Waals surface area contributed by atoms with Gasteiger partial charge in [0.2, 0.25) is 0 Å². The van der Waals surface area contributed by atoms with Gasteiger partial charge in [0, 0.05) is 14.2 Å². The van der Waals surface area contributed by atoms with E-state index < -0.39 is 0 Å². The lowest BCUT2D eigenvalue weighted by Gasteiger charge is -2.42. The number of methoxy groups -OCH3 is 2. The third-order valence-corrected chi connectivity index (χ3v) is 3.62. The van der Waals surface area contributed by atoms with Gasteiger partial charge in [-0.2, -0.15) is 0 Å². The largest absolute Gasteiger partial charge is 0.381 e. The van der Waals surface area contributed by atoms with Gasteiger partial charge in [0.05, 0.1) is 26.2 Å². The summed E-state index contributed by atoms with van der Waals surface area (Å²) >= 11 is 0. The molecule has 0 aliphatic carbocycles. The zero-order chi connectivity index (χ0) is 11.9. The van der Waals surface area contributed by atoms with Crippen LogP contribution in [0.1, 0.15) is 27.7 Å². The molecule has 15 heavy (non-hydrogen) atoms. The van der Waals surface area contributed by atoms with Crippen molar-refractivity contribution in [3.8, 4) is 0 Å². The highest BCUT2D eigenvalue weighted by atomic mass is 16.5. The fraction of sp³-hybridized carbons (Fsp3) is 1.00. The quantitative estimate of drug-likeness (QED) is 0.579. The molecule has 0 aromatic carbocycles. The lowest BCUT2D eigenvalue weighted by molar-refractivity contribution is -0.928. The third kappa shape index (κ3) is 4.09. The minimum atomic E-state index is -0.170. The summed E-state index contributed by atoms with van der Waals surface area (Å²) in [5.74, 6) is 0. The number of hydrogen-bond donors (Lipinski definition) is 0. The van der Waals surface area contributed by atoms with E-state index >= 15 is 0 Å². The Balaban J connectivity index is 4.60. The maximum Gasteiger partial charge on any atom is 0.137 e. The minimum Gasteiger partial charge on any atom is -0.381 e. The van der Waals surface area contributed by atoms with Gasteiger partial charge in [0.1, 0.15) is 12.1 Å². The molecule has 3 nitrogen and oxygen atoms in total. The molecule has 0 aromatic rings. The molecule has 1 atom stereocenters. The Labute approximate surface area is 95.0 Å². The van der Waals surface area contributed by atoms with Crippen molar-refractivity contribution in [3.05, 3.63) is 0 Å². The van der Waals surface area contributed by atoms with Crippen molar-refractivity contribution in [3.63, 3.8) is 0 Å². The standard InChI is InChI=1S/C12H28NO2/c1-7-13(8-2,9-3)10-12(4,15-6)11-14-5/h7-11H2,1-6H3/q+1. The highest BCUT2D eigenvalue weighted by Gasteiger charge is 2.35. The summed E-state index contributed by atoms with van der Waals surface area (Å²) in [6, 6.07) is 0. The summed E-state index contributed by atoms with van der Waals surface area (Å²) in [5, 5.41) is 0. The van der Waals surface area contributed by atoms with E-state index in [9.17, 15) is 0 Å². The second-order valence-electron chi connectivity index (χ2n) is 4.54. The molecular formula is C12H28NO2+. The van der Waals surface area contributed by atoms with E-state index in [0.29, 0.717) is 6.61 Å². The number of ether oxygens (including phenoxy) is 2. The number of rotatable bonds is 8. The summed E-state index contributed by atoms with van der Waals surface area (Å²) in [6.45, 7) is 14.0. The number of likely N-dealkylation sites (N-methyl/N-ethyl adjacent to an activating group) is 1. The Morgan fingerprint density at radius 2 is 1.47 bits per heavy atom. The van der Waals surface area contributed by atoms with Crippen molar-refractivity contribution in [2.45, 2.75) is 33.3 Å². The van der Waals surface area contributed by atoms with Crippen LogP contribution in [0.25, 0.3) is 0 Å². The van der Waals surface area contributed by atoms with Gasteiger partial charge >= 0.3 is 0 Å². The molecule has 1 unspecified atom stereocenters. The molecule has 0 saturated heterocycles. The molecule has 0 aliphatic heterocycles. The molecule has 0 radical (unpaired) electrons. The van der Waals surface area contributed by atoms with Gasteiger partial charge in [0.15, 0.2) is 0 Å². The molecule has 0 N–H and O–H groups in total. The van der Waals surface area contributed by atoms with Crippen LogP contribution in [0.2, 0.25) is 0 Å². The summed E-state index contributed by atoms with van der Waals surface area (Å²) in [6.07, 6.45) is 0. The van der Waals surface area contributed by atoms with Crippen LogP contribution in [0.4, 0.5) is 0 Å². The van der Waals surface area contributed by atoms with Crippen LogP contribution in [0.15, 0.2) is 0 Å². The Kier molecular flexibility index (Phi) is 6.41. The van der Waals surface area contributed by atoms with E-state index in [2.05, 4.69) is 27.7 Å². The van der Waals surface area contributed by atoms with Gasteiger partial charge in [0.25, 0.3) is 0 Å². The van der Waals surface area contributed by atoms with Crippen LogP contribution in [-0.4, -0.2) is 57.1 Å². The fourth-order valence-corrected chi connectivity index (χ4v) is 2.19. The molecule has 0 fully saturated rings. The molecule has 0 spiro atoms. The maximum absolute atomic E-state index is 5.60. The molecule has 92 valence electrons. The minimum absolute atomic E-state index is 0.170. The SMILES string of the molecule is CC[N+](CC)(CC)CC(C)(COC)OC. The van der Waals surface area contributed by atoms with E-state index in [1.807, 2.05) is 0 Å². The molecule has 0 saturated carbocycles. The van der Waals surface area contributed by atoms with Gasteiger partial charge in [-0.15, -0.1) is 0 Å². The van der Waals surface area contributed by atoms with Crippen LogP contribution in [0.5, 0.6) is 0 Å². The van der Waals surface area contributed by atoms with Gasteiger partial charge in [-0.3, -0.25) is 0 Å². The zero-order valence-electron chi connectivity index (χ0n) is 11.3. The Morgan fingerprint density at radius 3 is 1.73 bits per heavy atom. The first-order chi connectivity index (χ1) is 7.01. The van der Waals surface area contributed by atoms with Crippen LogP contribution in [0.3, 0.4) is 0 Å². The van der Waals surface area contributed by atoms with Crippen molar-refractivity contribution in [1.82, 2.24) is 0 Å². The first-order valence-electron chi connectivity index (χ1n) is 5.90. The summed E-state index contributed by atoms with van der Waals surface area (Å²) in [7, 11) is 3.50. The lowest BCUT2D eigenvalue weighted by atomic mass is 10.1. The first-order valence-corrected chi connectivity index (χ1v) is 5.90. The van der Waals surface area contributed by atoms with E-state index in [1.165, 1.54) is 0 Å². The normalized spacial score (nSPS) is 16.4. The highest BCUT2D eigenvalue weighted by molar-refractivity contribution is 4.74. The number of quaternary nitrogens is 1. The van der Waals surface area contributed by atoms with Gasteiger partial charge in [-0.1, -0.05) is 0 Å². The summed E-state index contributed by atoms with van der Waals surface area (Å²) in [4.78, 5) is 0. The van der Waals surface area contributed by atoms with Gasteiger partial charge in [-0.05, 0) is 27.7 Å². The van der Waals surface area contributed by atoms with E-state index in [1.54, 1.807) is 14.2 Å². The predicted octanol–water partition coefficient (Wildman–Crippen LogP) is 1.91. The van der Waals surface area contributed by atoms with Crippen LogP contribution in [-0.2, 0) is 9.47 Å². The van der Waals surface area contributed by atoms with E-state index in [4.69, 9.17) is 9.47 Å². The average Bonchev–Trinajstić information content (AvgIpc) is 2.27. The number of nitrogens with zero attached hydrogens (tertiary/aromatic N) is 1. The maximum atomic E-state index is 5.60. The van der Waals surface area contributed by atoms with Crippen molar-refractivity contribution >= 4 is 0 Å². The molecular weight excluding hydrogens is 190 g/mol. The van der Waals surface area contributed by atoms with E-state index in [-0.39, 0.29) is 5.60 Å². The second-order valence-corrected chi connectivity index (χ2v) is 4.54. The van der Waals surface area contributed by atoms with Crippen LogP contribution in [0, 0.1) is 0 Å². The molecule has 0 amide bonds. The molecule has 3 heteroatoms. The van der Waals surface area contributed by atoms with Gasteiger partial charge in [-0.25, -0.2) is 0 Å². The molecule has 0 rings (SSSR count). The molecule has 0 aromatic heterocycles. The summed E-state index contributed by atoms with van der Waals surface area (Å²) < 4.78 is 11.9. The van der Waals surface area contributed by atoms with Crippen LogP contribution >= 0.6 is 0 Å². The Morgan fingerprint density at radius 1 is 1.00 bits per heavy atom. The Hall–Kier alpha value is -0.120. The molecule has 0 bridgehead atoms. The Bertz CT molecular complexity index is 161. The zero-order valence-corrected chi connectivity index (χ0v) is 11.3. The third-order valence-electron chi connectivity index (χ3n) is 3.62. The monoisotopic (exact) mass is 218 g/mol. The van der Waals surface area contributed by atoms with Crippen LogP contribution < -0.4 is 0 Å². The summed E-state index contributed by atoms with van der Waals surface area (Å²) in [5.41, 5.74) is -0.170. The van der Waals surface area contributed by atoms with Gasteiger partial charge < -0.3 is 14.0 Å². The van der Waals surface area contributed by atoms with Crippen molar-refractivity contribution in [1.29, 1.82) is 0 Å². The average molecular weight is 218 g/mol. The fourth-order valence-electron chi connectivity index (χ4n) is 2.19.